The maximum Gasteiger partial charge on any atom is 0.405 e. The first kappa shape index (κ1) is 13.8. The molecule has 1 heterocycles. The third-order valence-corrected chi connectivity index (χ3v) is 2.19. The fourth-order valence-corrected chi connectivity index (χ4v) is 1.62. The average Bonchev–Trinajstić information content (AvgIpc) is 2.14. The summed E-state index contributed by atoms with van der Waals surface area (Å²) in [6.07, 6.45) is -2.25. The SMILES string of the molecule is CC(N)Cc1cccnc1N(C)CC(F)(F)F. The fourth-order valence-electron chi connectivity index (χ4n) is 1.62. The lowest BCUT2D eigenvalue weighted by Crippen LogP contribution is -2.32. The summed E-state index contributed by atoms with van der Waals surface area (Å²) in [5.41, 5.74) is 6.38. The van der Waals surface area contributed by atoms with E-state index in [2.05, 4.69) is 4.98 Å². The number of hydrogen-bond acceptors (Lipinski definition) is 3. The van der Waals surface area contributed by atoms with Crippen LogP contribution < -0.4 is 10.6 Å². The topological polar surface area (TPSA) is 42.1 Å². The van der Waals surface area contributed by atoms with Gasteiger partial charge in [0.1, 0.15) is 12.4 Å². The van der Waals surface area contributed by atoms with Gasteiger partial charge in [-0.1, -0.05) is 6.07 Å². The van der Waals surface area contributed by atoms with Gasteiger partial charge in [-0.2, -0.15) is 13.2 Å². The van der Waals surface area contributed by atoms with Gasteiger partial charge in [0.15, 0.2) is 0 Å². The highest BCUT2D eigenvalue weighted by Gasteiger charge is 2.30. The molecular weight excluding hydrogens is 231 g/mol. The molecule has 0 radical (unpaired) electrons. The van der Waals surface area contributed by atoms with Gasteiger partial charge in [0.2, 0.25) is 0 Å². The molecule has 0 aromatic carbocycles. The smallest absolute Gasteiger partial charge is 0.350 e. The van der Waals surface area contributed by atoms with Crippen LogP contribution in [0.3, 0.4) is 0 Å². The number of rotatable bonds is 4. The predicted octanol–water partition coefficient (Wildman–Crippen LogP) is 1.97. The van der Waals surface area contributed by atoms with Crippen LogP contribution in [0.5, 0.6) is 0 Å². The molecule has 0 aliphatic carbocycles. The number of alkyl halides is 3. The molecule has 1 atom stereocenters. The molecule has 6 heteroatoms. The Balaban J connectivity index is 2.88. The second-order valence-corrected chi connectivity index (χ2v) is 4.14. The Morgan fingerprint density at radius 1 is 1.47 bits per heavy atom. The summed E-state index contributed by atoms with van der Waals surface area (Å²) in [6.45, 7) is 0.788. The summed E-state index contributed by atoms with van der Waals surface area (Å²) in [7, 11) is 1.38. The first-order chi connectivity index (χ1) is 7.79. The van der Waals surface area contributed by atoms with Crippen molar-refractivity contribution in [3.05, 3.63) is 23.9 Å². The Morgan fingerprint density at radius 2 is 2.12 bits per heavy atom. The standard InChI is InChI=1S/C11H16F3N3/c1-8(15)6-9-4-3-5-16-10(9)17(2)7-11(12,13)14/h3-5,8H,6-7,15H2,1-2H3. The van der Waals surface area contributed by atoms with E-state index >= 15 is 0 Å². The molecule has 0 spiro atoms. The van der Waals surface area contributed by atoms with Crippen LogP contribution in [0, 0.1) is 0 Å². The Hall–Kier alpha value is -1.30. The molecule has 0 bridgehead atoms. The van der Waals surface area contributed by atoms with E-state index < -0.39 is 12.7 Å². The minimum Gasteiger partial charge on any atom is -0.350 e. The summed E-state index contributed by atoms with van der Waals surface area (Å²) >= 11 is 0. The van der Waals surface area contributed by atoms with Crippen LogP contribution in [-0.2, 0) is 6.42 Å². The van der Waals surface area contributed by atoms with Gasteiger partial charge in [0.25, 0.3) is 0 Å². The Labute approximate surface area is 98.4 Å². The van der Waals surface area contributed by atoms with Crippen LogP contribution in [0.1, 0.15) is 12.5 Å². The summed E-state index contributed by atoms with van der Waals surface area (Å²) in [5, 5.41) is 0. The Kier molecular flexibility index (Phi) is 4.34. The number of hydrogen-bond donors (Lipinski definition) is 1. The van der Waals surface area contributed by atoms with Gasteiger partial charge >= 0.3 is 6.18 Å². The molecule has 0 fully saturated rings. The zero-order valence-electron chi connectivity index (χ0n) is 9.83. The van der Waals surface area contributed by atoms with E-state index in [0.717, 1.165) is 10.5 Å². The van der Waals surface area contributed by atoms with E-state index in [9.17, 15) is 13.2 Å². The lowest BCUT2D eigenvalue weighted by atomic mass is 10.1. The largest absolute Gasteiger partial charge is 0.405 e. The van der Waals surface area contributed by atoms with E-state index in [0.29, 0.717) is 12.2 Å². The summed E-state index contributed by atoms with van der Waals surface area (Å²) < 4.78 is 36.9. The summed E-state index contributed by atoms with van der Waals surface area (Å²) in [5.74, 6) is 0.335. The molecule has 0 saturated carbocycles. The number of aromatic nitrogens is 1. The van der Waals surface area contributed by atoms with Gasteiger partial charge in [-0.3, -0.25) is 0 Å². The van der Waals surface area contributed by atoms with E-state index in [1.54, 1.807) is 19.1 Å². The molecule has 3 nitrogen and oxygen atoms in total. The molecule has 0 saturated heterocycles. The lowest BCUT2D eigenvalue weighted by Gasteiger charge is -2.22. The number of anilines is 1. The zero-order chi connectivity index (χ0) is 13.1. The first-order valence-electron chi connectivity index (χ1n) is 5.27. The van der Waals surface area contributed by atoms with Crippen LogP contribution in [0.25, 0.3) is 0 Å². The van der Waals surface area contributed by atoms with Gasteiger partial charge in [0.05, 0.1) is 0 Å². The fraction of sp³-hybridized carbons (Fsp3) is 0.545. The second-order valence-electron chi connectivity index (χ2n) is 4.14. The molecular formula is C11H16F3N3. The number of halogens is 3. The first-order valence-corrected chi connectivity index (χ1v) is 5.27. The van der Waals surface area contributed by atoms with Crippen molar-refractivity contribution < 1.29 is 13.2 Å². The third kappa shape index (κ3) is 4.60. The van der Waals surface area contributed by atoms with Crippen molar-refractivity contribution in [2.24, 2.45) is 5.73 Å². The molecule has 96 valence electrons. The van der Waals surface area contributed by atoms with Crippen LogP contribution in [0.2, 0.25) is 0 Å². The molecule has 1 unspecified atom stereocenters. The van der Waals surface area contributed by atoms with Crippen molar-refractivity contribution in [1.29, 1.82) is 0 Å². The van der Waals surface area contributed by atoms with E-state index in [1.807, 2.05) is 0 Å². The molecule has 1 rings (SSSR count). The van der Waals surface area contributed by atoms with E-state index in [-0.39, 0.29) is 6.04 Å². The Bertz CT molecular complexity index is 363. The average molecular weight is 247 g/mol. The molecule has 0 amide bonds. The van der Waals surface area contributed by atoms with Crippen molar-refractivity contribution in [3.8, 4) is 0 Å². The van der Waals surface area contributed by atoms with Crippen molar-refractivity contribution in [2.75, 3.05) is 18.5 Å². The van der Waals surface area contributed by atoms with Crippen LogP contribution in [-0.4, -0.2) is 30.8 Å². The van der Waals surface area contributed by atoms with Crippen LogP contribution >= 0.6 is 0 Å². The van der Waals surface area contributed by atoms with Gasteiger partial charge in [-0.15, -0.1) is 0 Å². The molecule has 0 aliphatic heterocycles. The van der Waals surface area contributed by atoms with Crippen molar-refractivity contribution >= 4 is 5.82 Å². The minimum absolute atomic E-state index is 0.114. The monoisotopic (exact) mass is 247 g/mol. The highest BCUT2D eigenvalue weighted by Crippen LogP contribution is 2.22. The molecule has 1 aromatic rings. The second kappa shape index (κ2) is 5.35. The number of nitrogens with two attached hydrogens (primary N) is 1. The molecule has 0 aliphatic rings. The quantitative estimate of drug-likeness (QED) is 0.884. The van der Waals surface area contributed by atoms with Crippen molar-refractivity contribution in [3.63, 3.8) is 0 Å². The van der Waals surface area contributed by atoms with Crippen LogP contribution in [0.15, 0.2) is 18.3 Å². The summed E-state index contributed by atoms with van der Waals surface area (Å²) in [6, 6.07) is 3.33. The number of nitrogens with zero attached hydrogens (tertiary/aromatic N) is 2. The third-order valence-electron chi connectivity index (χ3n) is 2.19. The normalized spacial score (nSPS) is 13.5. The number of pyridine rings is 1. The van der Waals surface area contributed by atoms with Gasteiger partial charge in [0, 0.05) is 19.3 Å². The zero-order valence-corrected chi connectivity index (χ0v) is 9.83. The van der Waals surface area contributed by atoms with E-state index in [1.165, 1.54) is 13.2 Å². The van der Waals surface area contributed by atoms with Gasteiger partial charge in [-0.05, 0) is 25.0 Å². The maximum atomic E-state index is 12.3. The highest BCUT2D eigenvalue weighted by atomic mass is 19.4. The Morgan fingerprint density at radius 3 is 2.65 bits per heavy atom. The highest BCUT2D eigenvalue weighted by molar-refractivity contribution is 5.46. The summed E-state index contributed by atoms with van der Waals surface area (Å²) in [4.78, 5) is 5.08. The lowest BCUT2D eigenvalue weighted by molar-refractivity contribution is -0.119. The maximum absolute atomic E-state index is 12.3. The van der Waals surface area contributed by atoms with Gasteiger partial charge in [-0.25, -0.2) is 4.98 Å². The molecule has 2 N–H and O–H groups in total. The van der Waals surface area contributed by atoms with Gasteiger partial charge < -0.3 is 10.6 Å². The molecule has 17 heavy (non-hydrogen) atoms. The molecule has 1 aromatic heterocycles. The minimum atomic E-state index is -4.24. The van der Waals surface area contributed by atoms with E-state index in [4.69, 9.17) is 5.73 Å². The van der Waals surface area contributed by atoms with Crippen molar-refractivity contribution in [1.82, 2.24) is 4.98 Å². The van der Waals surface area contributed by atoms with Crippen LogP contribution in [0.4, 0.5) is 19.0 Å². The van der Waals surface area contributed by atoms with Crippen molar-refractivity contribution in [2.45, 2.75) is 25.6 Å². The predicted molar refractivity (Wildman–Crippen MR) is 60.9 cm³/mol.